The van der Waals surface area contributed by atoms with E-state index >= 15 is 0 Å². The van der Waals surface area contributed by atoms with Gasteiger partial charge < -0.3 is 15.2 Å². The molecule has 0 aliphatic carbocycles. The van der Waals surface area contributed by atoms with E-state index in [-0.39, 0.29) is 11.9 Å². The molecule has 2 unspecified atom stereocenters. The number of hydrogen-bond donors (Lipinski definition) is 2. The van der Waals surface area contributed by atoms with Crippen molar-refractivity contribution in [2.75, 3.05) is 26.2 Å². The molecule has 2 fully saturated rings. The van der Waals surface area contributed by atoms with E-state index in [9.17, 15) is 4.79 Å². The molecule has 2 aromatic rings. The maximum absolute atomic E-state index is 12.2. The highest BCUT2D eigenvalue weighted by molar-refractivity contribution is 5.81. The van der Waals surface area contributed by atoms with Gasteiger partial charge in [-0.15, -0.1) is 0 Å². The molecule has 1 aromatic carbocycles. The third-order valence-corrected chi connectivity index (χ3v) is 5.69. The van der Waals surface area contributed by atoms with Gasteiger partial charge in [0.05, 0.1) is 12.4 Å². The van der Waals surface area contributed by atoms with Gasteiger partial charge >= 0.3 is 0 Å². The molecule has 2 saturated heterocycles. The standard InChI is InChI=1S/C21H29N5O/c27-21(20-4-1-9-23-20)24-13-18-3-2-11-25(15-18)14-17-5-7-19(8-6-17)26-12-10-22-16-26/h5-8,10,12,16,18,20,23H,1-4,9,11,13-15H2,(H,24,27). The van der Waals surface area contributed by atoms with Crippen LogP contribution in [0.5, 0.6) is 0 Å². The minimum atomic E-state index is 0.0266. The molecular formula is C21H29N5O. The van der Waals surface area contributed by atoms with E-state index in [0.717, 1.165) is 51.3 Å². The molecule has 1 amide bonds. The number of amides is 1. The van der Waals surface area contributed by atoms with Crippen LogP contribution in [0.2, 0.25) is 0 Å². The van der Waals surface area contributed by atoms with E-state index in [1.165, 1.54) is 18.4 Å². The maximum atomic E-state index is 12.2. The van der Waals surface area contributed by atoms with Crippen molar-refractivity contribution in [1.82, 2.24) is 25.1 Å². The fourth-order valence-electron chi connectivity index (χ4n) is 4.18. The molecule has 2 aliphatic rings. The Balaban J connectivity index is 1.26. The predicted molar refractivity (Wildman–Crippen MR) is 106 cm³/mol. The summed E-state index contributed by atoms with van der Waals surface area (Å²) >= 11 is 0. The Kier molecular flexibility index (Phi) is 5.84. The SMILES string of the molecule is O=C(NCC1CCCN(Cc2ccc(-n3ccnc3)cc2)C1)C1CCCN1. The summed E-state index contributed by atoms with van der Waals surface area (Å²) in [6, 6.07) is 8.72. The first-order valence-corrected chi connectivity index (χ1v) is 10.1. The van der Waals surface area contributed by atoms with E-state index in [4.69, 9.17) is 0 Å². The molecule has 0 radical (unpaired) electrons. The van der Waals surface area contributed by atoms with Gasteiger partial charge in [0.25, 0.3) is 0 Å². The molecule has 4 rings (SSSR count). The topological polar surface area (TPSA) is 62.2 Å². The van der Waals surface area contributed by atoms with Crippen LogP contribution in [0.4, 0.5) is 0 Å². The normalized spacial score (nSPS) is 23.4. The fraction of sp³-hybridized carbons (Fsp3) is 0.524. The van der Waals surface area contributed by atoms with E-state index in [0.29, 0.717) is 5.92 Å². The molecule has 27 heavy (non-hydrogen) atoms. The lowest BCUT2D eigenvalue weighted by molar-refractivity contribution is -0.123. The van der Waals surface area contributed by atoms with Crippen LogP contribution in [0, 0.1) is 5.92 Å². The molecule has 2 atom stereocenters. The van der Waals surface area contributed by atoms with Crippen LogP contribution >= 0.6 is 0 Å². The van der Waals surface area contributed by atoms with Crippen molar-refractivity contribution in [3.05, 3.63) is 48.5 Å². The Hall–Kier alpha value is -2.18. The summed E-state index contributed by atoms with van der Waals surface area (Å²) in [6.07, 6.45) is 10.1. The number of nitrogens with one attached hydrogen (secondary N) is 2. The number of likely N-dealkylation sites (tertiary alicyclic amines) is 1. The van der Waals surface area contributed by atoms with Crippen LogP contribution in [0.1, 0.15) is 31.2 Å². The van der Waals surface area contributed by atoms with Crippen molar-refractivity contribution in [2.24, 2.45) is 5.92 Å². The Morgan fingerprint density at radius 3 is 2.85 bits per heavy atom. The summed E-state index contributed by atoms with van der Waals surface area (Å²) in [5.74, 6) is 0.731. The Labute approximate surface area is 161 Å². The van der Waals surface area contributed by atoms with Crippen molar-refractivity contribution >= 4 is 5.91 Å². The van der Waals surface area contributed by atoms with E-state index in [1.807, 2.05) is 17.1 Å². The number of benzene rings is 1. The number of imidazole rings is 1. The summed E-state index contributed by atoms with van der Waals surface area (Å²) in [5.41, 5.74) is 2.47. The second kappa shape index (κ2) is 8.67. The van der Waals surface area contributed by atoms with Crippen molar-refractivity contribution in [3.63, 3.8) is 0 Å². The molecule has 6 heteroatoms. The van der Waals surface area contributed by atoms with Gasteiger partial charge in [0.15, 0.2) is 0 Å². The predicted octanol–water partition coefficient (Wildman–Crippen LogP) is 1.95. The third kappa shape index (κ3) is 4.76. The van der Waals surface area contributed by atoms with Gasteiger partial charge in [0.1, 0.15) is 0 Å². The first-order chi connectivity index (χ1) is 13.3. The van der Waals surface area contributed by atoms with Crippen molar-refractivity contribution in [3.8, 4) is 5.69 Å². The largest absolute Gasteiger partial charge is 0.354 e. The van der Waals surface area contributed by atoms with Gasteiger partial charge in [-0.3, -0.25) is 9.69 Å². The summed E-state index contributed by atoms with van der Waals surface area (Å²) in [5, 5.41) is 6.44. The lowest BCUT2D eigenvalue weighted by Gasteiger charge is -2.33. The summed E-state index contributed by atoms with van der Waals surface area (Å²) in [4.78, 5) is 18.8. The monoisotopic (exact) mass is 367 g/mol. The molecule has 0 saturated carbocycles. The van der Waals surface area contributed by atoms with Gasteiger partial charge in [0, 0.05) is 37.7 Å². The fourth-order valence-corrected chi connectivity index (χ4v) is 4.18. The highest BCUT2D eigenvalue weighted by Gasteiger charge is 2.24. The van der Waals surface area contributed by atoms with Crippen molar-refractivity contribution < 1.29 is 4.79 Å². The zero-order valence-corrected chi connectivity index (χ0v) is 15.8. The average Bonchev–Trinajstić information content (AvgIpc) is 3.41. The number of carbonyl (C=O) groups excluding carboxylic acids is 1. The number of carbonyl (C=O) groups is 1. The second-order valence-corrected chi connectivity index (χ2v) is 7.77. The smallest absolute Gasteiger partial charge is 0.237 e. The second-order valence-electron chi connectivity index (χ2n) is 7.77. The van der Waals surface area contributed by atoms with E-state index in [2.05, 4.69) is 44.8 Å². The van der Waals surface area contributed by atoms with Crippen molar-refractivity contribution in [1.29, 1.82) is 0 Å². The van der Waals surface area contributed by atoms with Crippen LogP contribution in [0.3, 0.4) is 0 Å². The average molecular weight is 367 g/mol. The van der Waals surface area contributed by atoms with E-state index in [1.54, 1.807) is 6.20 Å². The quantitative estimate of drug-likeness (QED) is 0.819. The maximum Gasteiger partial charge on any atom is 0.237 e. The molecule has 3 heterocycles. The van der Waals surface area contributed by atoms with Gasteiger partial charge in [-0.1, -0.05) is 12.1 Å². The van der Waals surface area contributed by atoms with Crippen molar-refractivity contribution in [2.45, 2.75) is 38.3 Å². The van der Waals surface area contributed by atoms with Crippen LogP contribution < -0.4 is 10.6 Å². The first-order valence-electron chi connectivity index (χ1n) is 10.1. The summed E-state index contributed by atoms with van der Waals surface area (Å²) in [7, 11) is 0. The van der Waals surface area contributed by atoms with Crippen LogP contribution in [0.15, 0.2) is 43.0 Å². The summed E-state index contributed by atoms with van der Waals surface area (Å²) < 4.78 is 2.02. The van der Waals surface area contributed by atoms with Crippen LogP contribution in [-0.4, -0.2) is 52.6 Å². The lowest BCUT2D eigenvalue weighted by atomic mass is 9.97. The molecule has 0 spiro atoms. The van der Waals surface area contributed by atoms with Gasteiger partial charge in [-0.25, -0.2) is 4.98 Å². The van der Waals surface area contributed by atoms with Crippen LogP contribution in [-0.2, 0) is 11.3 Å². The minimum absolute atomic E-state index is 0.0266. The van der Waals surface area contributed by atoms with Crippen LogP contribution in [0.25, 0.3) is 5.69 Å². The van der Waals surface area contributed by atoms with E-state index < -0.39 is 0 Å². The Morgan fingerprint density at radius 2 is 2.11 bits per heavy atom. The van der Waals surface area contributed by atoms with Gasteiger partial charge in [-0.2, -0.15) is 0 Å². The number of nitrogens with zero attached hydrogens (tertiary/aromatic N) is 3. The highest BCUT2D eigenvalue weighted by atomic mass is 16.2. The number of rotatable bonds is 6. The van der Waals surface area contributed by atoms with Gasteiger partial charge in [-0.05, 0) is 62.4 Å². The zero-order valence-electron chi connectivity index (χ0n) is 15.8. The summed E-state index contributed by atoms with van der Waals surface area (Å²) in [6.45, 7) is 4.93. The first kappa shape index (κ1) is 18.2. The molecule has 6 nitrogen and oxygen atoms in total. The molecule has 2 aliphatic heterocycles. The molecule has 1 aromatic heterocycles. The molecule has 144 valence electrons. The molecule has 0 bridgehead atoms. The third-order valence-electron chi connectivity index (χ3n) is 5.69. The zero-order chi connectivity index (χ0) is 18.5. The Morgan fingerprint density at radius 1 is 1.22 bits per heavy atom. The number of aromatic nitrogens is 2. The highest BCUT2D eigenvalue weighted by Crippen LogP contribution is 2.19. The number of hydrogen-bond acceptors (Lipinski definition) is 4. The minimum Gasteiger partial charge on any atom is -0.354 e. The molecular weight excluding hydrogens is 338 g/mol. The molecule has 2 N–H and O–H groups in total. The Bertz CT molecular complexity index is 722. The van der Waals surface area contributed by atoms with Gasteiger partial charge in [0.2, 0.25) is 5.91 Å². The lowest BCUT2D eigenvalue weighted by Crippen LogP contribution is -2.45. The number of piperidine rings is 1.